The molecule has 0 aromatic heterocycles. The number of carboxylic acid groups (broad SMARTS) is 3. The number of carboxylic acids is 3. The SMILES string of the molecule is Cc1ccc(C2CCN(CCC3(CCC(C(=O)O)(C(=O)O)C(=O)O)CCCCC3)CC2)cc1. The van der Waals surface area contributed by atoms with Crippen molar-refractivity contribution in [2.75, 3.05) is 19.6 Å². The molecule has 0 amide bonds. The van der Waals surface area contributed by atoms with Crippen molar-refractivity contribution in [2.45, 2.75) is 77.0 Å². The fraction of sp³-hybridized carbons (Fsp3) is 0.654. The van der Waals surface area contributed by atoms with Crippen LogP contribution in [0.4, 0.5) is 0 Å². The second-order valence-electron chi connectivity index (χ2n) is 10.2. The molecule has 1 aliphatic heterocycles. The summed E-state index contributed by atoms with van der Waals surface area (Å²) in [5.74, 6) is -4.78. The third-order valence-corrected chi connectivity index (χ3v) is 8.13. The molecule has 1 saturated carbocycles. The average molecular weight is 460 g/mol. The zero-order valence-corrected chi connectivity index (χ0v) is 19.6. The van der Waals surface area contributed by atoms with E-state index in [0.29, 0.717) is 12.3 Å². The molecule has 1 heterocycles. The zero-order valence-electron chi connectivity index (χ0n) is 19.6. The molecule has 7 heteroatoms. The van der Waals surface area contributed by atoms with Crippen LogP contribution in [0.1, 0.15) is 81.3 Å². The monoisotopic (exact) mass is 459 g/mol. The second kappa shape index (κ2) is 10.7. The molecule has 1 aromatic rings. The van der Waals surface area contributed by atoms with E-state index in [0.717, 1.165) is 71.0 Å². The molecule has 0 radical (unpaired) electrons. The van der Waals surface area contributed by atoms with Crippen molar-refractivity contribution in [3.8, 4) is 0 Å². The van der Waals surface area contributed by atoms with Crippen LogP contribution in [0.3, 0.4) is 0 Å². The molecule has 1 saturated heterocycles. The van der Waals surface area contributed by atoms with Gasteiger partial charge in [0.1, 0.15) is 0 Å². The van der Waals surface area contributed by atoms with Crippen LogP contribution in [0.25, 0.3) is 0 Å². The Kier molecular flexibility index (Phi) is 8.16. The fourth-order valence-electron chi connectivity index (χ4n) is 5.70. The number of benzene rings is 1. The van der Waals surface area contributed by atoms with E-state index in [-0.39, 0.29) is 11.8 Å². The summed E-state index contributed by atoms with van der Waals surface area (Å²) in [5.41, 5.74) is -0.280. The van der Waals surface area contributed by atoms with Crippen LogP contribution in [-0.4, -0.2) is 57.8 Å². The van der Waals surface area contributed by atoms with Gasteiger partial charge in [-0.15, -0.1) is 0 Å². The van der Waals surface area contributed by atoms with Gasteiger partial charge in [0, 0.05) is 0 Å². The highest BCUT2D eigenvalue weighted by atomic mass is 16.4. The van der Waals surface area contributed by atoms with Crippen molar-refractivity contribution in [2.24, 2.45) is 10.8 Å². The summed E-state index contributed by atoms with van der Waals surface area (Å²) in [7, 11) is 0. The van der Waals surface area contributed by atoms with Crippen LogP contribution in [0, 0.1) is 17.8 Å². The number of hydrogen-bond acceptors (Lipinski definition) is 4. The van der Waals surface area contributed by atoms with Gasteiger partial charge in [0.05, 0.1) is 0 Å². The van der Waals surface area contributed by atoms with Gasteiger partial charge in [-0.25, -0.2) is 0 Å². The molecule has 7 nitrogen and oxygen atoms in total. The largest absolute Gasteiger partial charge is 0.480 e. The van der Waals surface area contributed by atoms with Crippen molar-refractivity contribution in [1.29, 1.82) is 0 Å². The van der Waals surface area contributed by atoms with Crippen LogP contribution < -0.4 is 0 Å². The normalized spacial score (nSPS) is 19.8. The number of aliphatic carboxylic acids is 3. The molecule has 1 aliphatic carbocycles. The number of hydrogen-bond donors (Lipinski definition) is 3. The summed E-state index contributed by atoms with van der Waals surface area (Å²) in [6.07, 6.45) is 7.99. The maximum absolute atomic E-state index is 11.7. The van der Waals surface area contributed by atoms with Crippen molar-refractivity contribution in [1.82, 2.24) is 4.90 Å². The van der Waals surface area contributed by atoms with Gasteiger partial charge in [0.15, 0.2) is 0 Å². The van der Waals surface area contributed by atoms with Gasteiger partial charge < -0.3 is 20.2 Å². The maximum Gasteiger partial charge on any atom is 0.332 e. The van der Waals surface area contributed by atoms with Crippen LogP contribution in [0.2, 0.25) is 0 Å². The Morgan fingerprint density at radius 1 is 0.909 bits per heavy atom. The Morgan fingerprint density at radius 2 is 1.45 bits per heavy atom. The first-order valence-electron chi connectivity index (χ1n) is 12.2. The quantitative estimate of drug-likeness (QED) is 0.440. The molecule has 2 aliphatic rings. The number of piperidine rings is 1. The molecule has 33 heavy (non-hydrogen) atoms. The lowest BCUT2D eigenvalue weighted by atomic mass is 9.66. The topological polar surface area (TPSA) is 115 Å². The van der Waals surface area contributed by atoms with Crippen molar-refractivity contribution in [3.63, 3.8) is 0 Å². The summed E-state index contributed by atoms with van der Waals surface area (Å²) in [6.45, 7) is 5.01. The molecule has 0 spiro atoms. The first kappa shape index (κ1) is 25.2. The van der Waals surface area contributed by atoms with Crippen molar-refractivity contribution >= 4 is 17.9 Å². The van der Waals surface area contributed by atoms with Gasteiger partial charge in [-0.05, 0) is 88.4 Å². The average Bonchev–Trinajstić information content (AvgIpc) is 2.79. The van der Waals surface area contributed by atoms with Gasteiger partial charge in [0.25, 0.3) is 5.41 Å². The smallest absolute Gasteiger partial charge is 0.332 e. The standard InChI is InChI=1S/C26H37NO6/c1-19-5-7-20(8-6-19)21-9-16-27(17-10-21)18-15-25(11-3-2-4-12-25)13-14-26(22(28)29,23(30)31)24(32)33/h5-8,21H,2-4,9-18H2,1H3,(H,28,29)(H,30,31)(H,32,33). The molecule has 0 unspecified atom stereocenters. The highest BCUT2D eigenvalue weighted by molar-refractivity contribution is 6.16. The summed E-state index contributed by atoms with van der Waals surface area (Å²) < 4.78 is 0. The van der Waals surface area contributed by atoms with E-state index < -0.39 is 23.3 Å². The molecule has 1 aromatic carbocycles. The third kappa shape index (κ3) is 5.75. The Morgan fingerprint density at radius 3 is 1.97 bits per heavy atom. The molecule has 2 fully saturated rings. The lowest BCUT2D eigenvalue weighted by Crippen LogP contribution is -2.47. The number of likely N-dealkylation sites (tertiary alicyclic amines) is 1. The highest BCUT2D eigenvalue weighted by Crippen LogP contribution is 2.46. The Labute approximate surface area is 195 Å². The zero-order chi connectivity index (χ0) is 24.1. The van der Waals surface area contributed by atoms with Gasteiger partial charge in [-0.2, -0.15) is 0 Å². The molecule has 0 atom stereocenters. The predicted octanol–water partition coefficient (Wildman–Crippen LogP) is 4.54. The Hall–Kier alpha value is -2.41. The minimum atomic E-state index is -2.77. The maximum atomic E-state index is 11.7. The van der Waals surface area contributed by atoms with Crippen molar-refractivity contribution < 1.29 is 29.7 Å². The number of carbonyl (C=O) groups is 3. The van der Waals surface area contributed by atoms with Crippen LogP contribution in [0.15, 0.2) is 24.3 Å². The van der Waals surface area contributed by atoms with Crippen LogP contribution >= 0.6 is 0 Å². The van der Waals surface area contributed by atoms with Gasteiger partial charge in [-0.1, -0.05) is 49.1 Å². The van der Waals surface area contributed by atoms with E-state index in [9.17, 15) is 29.7 Å². The predicted molar refractivity (Wildman–Crippen MR) is 124 cm³/mol. The van der Waals surface area contributed by atoms with E-state index in [1.807, 2.05) is 0 Å². The Balaban J connectivity index is 1.60. The van der Waals surface area contributed by atoms with E-state index >= 15 is 0 Å². The van der Waals surface area contributed by atoms with Crippen molar-refractivity contribution in [3.05, 3.63) is 35.4 Å². The number of rotatable bonds is 10. The Bertz CT molecular complexity index is 799. The summed E-state index contributed by atoms with van der Waals surface area (Å²) >= 11 is 0. The van der Waals surface area contributed by atoms with Crippen LogP contribution in [-0.2, 0) is 14.4 Å². The van der Waals surface area contributed by atoms with E-state index in [2.05, 4.69) is 36.1 Å². The van der Waals surface area contributed by atoms with E-state index in [1.165, 1.54) is 11.1 Å². The van der Waals surface area contributed by atoms with E-state index in [4.69, 9.17) is 0 Å². The third-order valence-electron chi connectivity index (χ3n) is 8.13. The first-order chi connectivity index (χ1) is 15.7. The van der Waals surface area contributed by atoms with Gasteiger partial charge in [0.2, 0.25) is 0 Å². The van der Waals surface area contributed by atoms with Gasteiger partial charge in [-0.3, -0.25) is 14.4 Å². The molecule has 0 bridgehead atoms. The van der Waals surface area contributed by atoms with Crippen LogP contribution in [0.5, 0.6) is 0 Å². The van der Waals surface area contributed by atoms with E-state index in [1.54, 1.807) is 0 Å². The molecular weight excluding hydrogens is 422 g/mol. The minimum absolute atomic E-state index is 0.183. The molecular formula is C26H37NO6. The fourth-order valence-corrected chi connectivity index (χ4v) is 5.70. The summed E-state index contributed by atoms with van der Waals surface area (Å²) in [4.78, 5) is 37.5. The summed E-state index contributed by atoms with van der Waals surface area (Å²) in [6, 6.07) is 8.79. The molecule has 182 valence electrons. The highest BCUT2D eigenvalue weighted by Gasteiger charge is 2.55. The number of aryl methyl sites for hydroxylation is 1. The number of nitrogens with zero attached hydrogens (tertiary/aromatic N) is 1. The minimum Gasteiger partial charge on any atom is -0.480 e. The lowest BCUT2D eigenvalue weighted by molar-refractivity contribution is -0.176. The second-order valence-corrected chi connectivity index (χ2v) is 10.2. The van der Waals surface area contributed by atoms with Gasteiger partial charge >= 0.3 is 17.9 Å². The lowest BCUT2D eigenvalue weighted by Gasteiger charge is -2.41. The molecule has 3 rings (SSSR count). The summed E-state index contributed by atoms with van der Waals surface area (Å²) in [5, 5.41) is 28.4. The molecule has 3 N–H and O–H groups in total. The first-order valence-corrected chi connectivity index (χ1v) is 12.2.